The van der Waals surface area contributed by atoms with Gasteiger partial charge in [-0.15, -0.1) is 0 Å². The van der Waals surface area contributed by atoms with Crippen LogP contribution in [0.25, 0.3) is 5.57 Å². The quantitative estimate of drug-likeness (QED) is 0.414. The van der Waals surface area contributed by atoms with Crippen molar-refractivity contribution in [1.29, 1.82) is 0 Å². The fraction of sp³-hybridized carbons (Fsp3) is 0.560. The maximum absolute atomic E-state index is 13.5. The summed E-state index contributed by atoms with van der Waals surface area (Å²) in [6, 6.07) is 6.25. The van der Waals surface area contributed by atoms with E-state index in [9.17, 15) is 19.5 Å². The number of nitrogens with zero attached hydrogens (tertiary/aromatic N) is 2. The minimum absolute atomic E-state index is 0.00926. The number of aliphatic hydroxyl groups excluding tert-OH is 1. The van der Waals surface area contributed by atoms with Gasteiger partial charge in [-0.05, 0) is 50.3 Å². The molecule has 1 N–H and O–H groups in total. The van der Waals surface area contributed by atoms with Crippen molar-refractivity contribution in [2.24, 2.45) is 0 Å². The molecule has 36 heavy (non-hydrogen) atoms. The van der Waals surface area contributed by atoms with Gasteiger partial charge in [0.15, 0.2) is 5.60 Å². The normalized spacial score (nSPS) is 20.3. The Labute approximate surface area is 226 Å². The fourth-order valence-electron chi connectivity index (χ4n) is 4.56. The molecule has 0 saturated carbocycles. The number of aliphatic hydroxyl groups is 1. The van der Waals surface area contributed by atoms with Gasteiger partial charge in [0.2, 0.25) is 9.70 Å². The van der Waals surface area contributed by atoms with Gasteiger partial charge in [-0.3, -0.25) is 9.69 Å². The molecule has 2 atom stereocenters. The van der Waals surface area contributed by atoms with Crippen molar-refractivity contribution in [3.63, 3.8) is 0 Å². The van der Waals surface area contributed by atoms with Gasteiger partial charge in [-0.1, -0.05) is 59.1 Å². The van der Waals surface area contributed by atoms with Crippen molar-refractivity contribution in [3.05, 3.63) is 41.0 Å². The van der Waals surface area contributed by atoms with Crippen LogP contribution in [0.3, 0.4) is 0 Å². The van der Waals surface area contributed by atoms with Crippen LogP contribution in [0.4, 0.5) is 4.79 Å². The van der Waals surface area contributed by atoms with E-state index in [1.54, 1.807) is 11.8 Å². The van der Waals surface area contributed by atoms with Gasteiger partial charge in [-0.2, -0.15) is 0 Å². The Balaban J connectivity index is 2.13. The van der Waals surface area contributed by atoms with Crippen LogP contribution in [0.1, 0.15) is 45.2 Å². The van der Waals surface area contributed by atoms with Gasteiger partial charge in [0, 0.05) is 26.6 Å². The second kappa shape index (κ2) is 11.2. The molecule has 2 unspecified atom stereocenters. The lowest BCUT2D eigenvalue weighted by molar-refractivity contribution is -0.142. The van der Waals surface area contributed by atoms with E-state index in [1.165, 1.54) is 25.7 Å². The summed E-state index contributed by atoms with van der Waals surface area (Å²) < 4.78 is 9.15. The summed E-state index contributed by atoms with van der Waals surface area (Å²) in [5.74, 6) is -0.747. The first kappa shape index (κ1) is 28.6. The third-order valence-electron chi connectivity index (χ3n) is 6.50. The van der Waals surface area contributed by atoms with Crippen molar-refractivity contribution in [2.45, 2.75) is 62.0 Å². The largest absolute Gasteiger partial charge is 0.463 e. The zero-order chi connectivity index (χ0) is 26.8. The van der Waals surface area contributed by atoms with Crippen LogP contribution in [0.15, 0.2) is 29.8 Å². The van der Waals surface area contributed by atoms with E-state index in [-0.39, 0.29) is 44.2 Å². The Kier molecular flexibility index (Phi) is 8.87. The highest BCUT2D eigenvalue weighted by molar-refractivity contribution is 6.68. The number of benzene rings is 1. The second-order valence-corrected chi connectivity index (χ2v) is 11.6. The number of halogens is 3. The number of carbonyl (C=O) groups excluding carboxylic acids is 3. The topological polar surface area (TPSA) is 96.4 Å². The Bertz CT molecular complexity index is 1050. The summed E-state index contributed by atoms with van der Waals surface area (Å²) in [6.07, 6.45) is -0.00879. The molecule has 2 amide bonds. The number of alkyl halides is 3. The molecule has 1 aromatic rings. The SMILES string of the molecule is CCOC(=O)C1=C(c2cccc(CCO)c2)CC2CN(C(C)=O)CC1N2C(=O)OC(C)(C)C(Cl)(Cl)Cl. The number of ether oxygens (including phenoxy) is 2. The molecule has 11 heteroatoms. The molecule has 2 aliphatic heterocycles. The van der Waals surface area contributed by atoms with Crippen molar-refractivity contribution in [1.82, 2.24) is 9.80 Å². The van der Waals surface area contributed by atoms with E-state index in [0.29, 0.717) is 6.42 Å². The zero-order valence-electron chi connectivity index (χ0n) is 20.7. The molecular formula is C25H31Cl3N2O6. The molecular weight excluding hydrogens is 531 g/mol. The zero-order valence-corrected chi connectivity index (χ0v) is 23.0. The predicted octanol–water partition coefficient (Wildman–Crippen LogP) is 4.13. The molecule has 1 fully saturated rings. The number of hydrogen-bond acceptors (Lipinski definition) is 6. The average Bonchev–Trinajstić information content (AvgIpc) is 2.77. The first-order chi connectivity index (χ1) is 16.8. The maximum atomic E-state index is 13.5. The Morgan fingerprint density at radius 3 is 2.44 bits per heavy atom. The lowest BCUT2D eigenvalue weighted by Crippen LogP contribution is -2.65. The highest BCUT2D eigenvalue weighted by atomic mass is 35.6. The van der Waals surface area contributed by atoms with Gasteiger partial charge in [-0.25, -0.2) is 9.59 Å². The molecule has 1 aromatic carbocycles. The molecule has 0 aliphatic carbocycles. The third kappa shape index (κ3) is 5.93. The van der Waals surface area contributed by atoms with E-state index in [1.807, 2.05) is 24.3 Å². The van der Waals surface area contributed by atoms with E-state index >= 15 is 0 Å². The Hall–Kier alpha value is -2.00. The van der Waals surface area contributed by atoms with Crippen molar-refractivity contribution in [3.8, 4) is 0 Å². The van der Waals surface area contributed by atoms with Gasteiger partial charge in [0.1, 0.15) is 0 Å². The summed E-state index contributed by atoms with van der Waals surface area (Å²) in [5.41, 5.74) is 1.26. The highest BCUT2D eigenvalue weighted by Crippen LogP contribution is 2.43. The van der Waals surface area contributed by atoms with E-state index in [2.05, 4.69) is 0 Å². The monoisotopic (exact) mass is 560 g/mol. The van der Waals surface area contributed by atoms with Crippen LogP contribution >= 0.6 is 34.8 Å². The standard InChI is InChI=1S/C25H31Cl3N2O6/c1-5-35-22(33)21-19(17-8-6-7-16(11-17)9-10-31)12-18-13-29(15(2)32)14-20(21)30(18)23(34)36-24(3,4)25(26,27)28/h6-8,11,18,20,31H,5,9-10,12-14H2,1-4H3. The molecule has 2 bridgehead atoms. The number of piperazine rings is 1. The highest BCUT2D eigenvalue weighted by Gasteiger charge is 2.51. The number of rotatable bonds is 6. The molecule has 3 rings (SSSR count). The van der Waals surface area contributed by atoms with Crippen LogP contribution in [0, 0.1) is 0 Å². The van der Waals surface area contributed by atoms with E-state index in [4.69, 9.17) is 44.3 Å². The van der Waals surface area contributed by atoms with Gasteiger partial charge in [0.25, 0.3) is 0 Å². The first-order valence-electron chi connectivity index (χ1n) is 11.7. The maximum Gasteiger partial charge on any atom is 0.411 e. The summed E-state index contributed by atoms with van der Waals surface area (Å²) >= 11 is 18.1. The second-order valence-electron chi connectivity index (χ2n) is 9.37. The lowest BCUT2D eigenvalue weighted by Gasteiger charge is -2.50. The predicted molar refractivity (Wildman–Crippen MR) is 138 cm³/mol. The van der Waals surface area contributed by atoms with Crippen molar-refractivity contribution >= 4 is 58.3 Å². The number of fused-ring (bicyclic) bond motifs is 2. The van der Waals surface area contributed by atoms with Gasteiger partial charge < -0.3 is 19.5 Å². The van der Waals surface area contributed by atoms with Crippen LogP contribution < -0.4 is 0 Å². The number of hydrogen-bond donors (Lipinski definition) is 1. The summed E-state index contributed by atoms with van der Waals surface area (Å²) in [4.78, 5) is 42.2. The minimum atomic E-state index is -1.89. The number of amides is 2. The third-order valence-corrected chi connectivity index (χ3v) is 7.87. The van der Waals surface area contributed by atoms with Crippen molar-refractivity contribution < 1.29 is 29.0 Å². The molecule has 0 aromatic heterocycles. The van der Waals surface area contributed by atoms with Crippen LogP contribution in [-0.4, -0.2) is 80.7 Å². The molecule has 0 spiro atoms. The molecule has 2 aliphatic rings. The number of esters is 1. The molecule has 0 radical (unpaired) electrons. The van der Waals surface area contributed by atoms with E-state index < -0.39 is 33.5 Å². The molecule has 1 saturated heterocycles. The number of carbonyl (C=O) groups is 3. The van der Waals surface area contributed by atoms with Crippen LogP contribution in [0.2, 0.25) is 0 Å². The molecule has 8 nitrogen and oxygen atoms in total. The van der Waals surface area contributed by atoms with E-state index in [0.717, 1.165) is 16.7 Å². The fourth-order valence-corrected chi connectivity index (χ4v) is 4.67. The average molecular weight is 562 g/mol. The van der Waals surface area contributed by atoms with Crippen molar-refractivity contribution in [2.75, 3.05) is 26.3 Å². The van der Waals surface area contributed by atoms with Gasteiger partial charge >= 0.3 is 12.1 Å². The Morgan fingerprint density at radius 2 is 1.86 bits per heavy atom. The molecule has 198 valence electrons. The van der Waals surface area contributed by atoms with Crippen LogP contribution in [0.5, 0.6) is 0 Å². The first-order valence-corrected chi connectivity index (χ1v) is 12.9. The molecule has 2 heterocycles. The summed E-state index contributed by atoms with van der Waals surface area (Å²) in [6.45, 7) is 6.59. The summed E-state index contributed by atoms with van der Waals surface area (Å²) in [7, 11) is 0. The summed E-state index contributed by atoms with van der Waals surface area (Å²) in [5, 5.41) is 9.38. The smallest absolute Gasteiger partial charge is 0.411 e. The lowest BCUT2D eigenvalue weighted by atomic mass is 9.81. The minimum Gasteiger partial charge on any atom is -0.463 e. The van der Waals surface area contributed by atoms with Crippen LogP contribution in [-0.2, 0) is 25.5 Å². The Morgan fingerprint density at radius 1 is 1.17 bits per heavy atom. The van der Waals surface area contributed by atoms with Gasteiger partial charge in [0.05, 0.1) is 24.3 Å².